The molecule has 8 nitrogen and oxygen atoms in total. The molecule has 1 fully saturated rings. The van der Waals surface area contributed by atoms with E-state index in [0.717, 1.165) is 42.9 Å². The fourth-order valence-corrected chi connectivity index (χ4v) is 4.39. The lowest BCUT2D eigenvalue weighted by molar-refractivity contribution is -0.115. The van der Waals surface area contributed by atoms with E-state index in [9.17, 15) is 9.59 Å². The van der Waals surface area contributed by atoms with Crippen molar-refractivity contribution in [3.63, 3.8) is 0 Å². The predicted molar refractivity (Wildman–Crippen MR) is 133 cm³/mol. The molecule has 0 aliphatic carbocycles. The Labute approximate surface area is 202 Å². The quantitative estimate of drug-likeness (QED) is 0.420. The number of benzene rings is 2. The van der Waals surface area contributed by atoms with Crippen molar-refractivity contribution in [2.45, 2.75) is 32.0 Å². The van der Waals surface area contributed by atoms with Gasteiger partial charge in [0.15, 0.2) is 5.13 Å². The van der Waals surface area contributed by atoms with Crippen LogP contribution in [0.15, 0.2) is 53.9 Å². The molecule has 4 rings (SSSR count). The monoisotopic (exact) mass is 480 g/mol. The summed E-state index contributed by atoms with van der Waals surface area (Å²) in [6.07, 6.45) is 2.01. The van der Waals surface area contributed by atoms with Gasteiger partial charge in [-0.1, -0.05) is 18.2 Å². The Morgan fingerprint density at radius 3 is 2.74 bits per heavy atom. The molecule has 1 aromatic heterocycles. The molecule has 1 atom stereocenters. The van der Waals surface area contributed by atoms with E-state index in [1.807, 2.05) is 23.6 Å². The van der Waals surface area contributed by atoms with Crippen molar-refractivity contribution in [1.82, 2.24) is 10.3 Å². The molecule has 0 radical (unpaired) electrons. The average Bonchev–Trinajstić information content (AvgIpc) is 3.32. The molecule has 1 aliphatic rings. The largest absolute Gasteiger partial charge is 0.399 e. The Hall–Kier alpha value is -3.27. The van der Waals surface area contributed by atoms with Crippen LogP contribution < -0.4 is 16.4 Å². The lowest BCUT2D eigenvalue weighted by Gasteiger charge is -2.26. The highest BCUT2D eigenvalue weighted by Crippen LogP contribution is 2.29. The van der Waals surface area contributed by atoms with Crippen LogP contribution in [0.3, 0.4) is 0 Å². The number of hydrogen-bond donors (Lipinski definition) is 3. The predicted octanol–water partition coefficient (Wildman–Crippen LogP) is 4.02. The lowest BCUT2D eigenvalue weighted by atomic mass is 10.0. The number of hydrogen-bond acceptors (Lipinski definition) is 7. The van der Waals surface area contributed by atoms with Crippen LogP contribution in [0.25, 0.3) is 11.3 Å². The molecule has 178 valence electrons. The number of nitrogens with two attached hydrogens (primary N) is 1. The van der Waals surface area contributed by atoms with E-state index in [4.69, 9.17) is 15.2 Å². The first-order valence-corrected chi connectivity index (χ1v) is 12.1. The van der Waals surface area contributed by atoms with E-state index in [0.29, 0.717) is 16.4 Å². The number of amides is 2. The Morgan fingerprint density at radius 1 is 1.21 bits per heavy atom. The van der Waals surface area contributed by atoms with Gasteiger partial charge in [0.05, 0.1) is 24.4 Å². The normalized spacial score (nSPS) is 15.0. The fourth-order valence-electron chi connectivity index (χ4n) is 3.65. The lowest BCUT2D eigenvalue weighted by Crippen LogP contribution is -2.32. The molecule has 0 saturated carbocycles. The number of carbonyl (C=O) groups is 2. The molecule has 1 saturated heterocycles. The van der Waals surface area contributed by atoms with E-state index >= 15 is 0 Å². The van der Waals surface area contributed by atoms with Crippen molar-refractivity contribution >= 4 is 34.0 Å². The van der Waals surface area contributed by atoms with Crippen molar-refractivity contribution in [2.24, 2.45) is 0 Å². The summed E-state index contributed by atoms with van der Waals surface area (Å²) in [6.45, 7) is 3.39. The van der Waals surface area contributed by atoms with Gasteiger partial charge >= 0.3 is 0 Å². The molecule has 0 spiro atoms. The molecule has 4 N–H and O–H groups in total. The third-order valence-electron chi connectivity index (χ3n) is 5.55. The smallest absolute Gasteiger partial charge is 0.251 e. The van der Waals surface area contributed by atoms with Crippen LogP contribution in [0.2, 0.25) is 0 Å². The van der Waals surface area contributed by atoms with Crippen LogP contribution in [-0.2, 0) is 14.3 Å². The second-order valence-electron chi connectivity index (χ2n) is 8.11. The second kappa shape index (κ2) is 11.2. The summed E-state index contributed by atoms with van der Waals surface area (Å²) in [4.78, 5) is 29.0. The molecule has 1 unspecified atom stereocenters. The van der Waals surface area contributed by atoms with E-state index in [1.54, 1.807) is 24.3 Å². The van der Waals surface area contributed by atoms with Gasteiger partial charge in [-0.25, -0.2) is 4.98 Å². The highest BCUT2D eigenvalue weighted by Gasteiger charge is 2.19. The SMILES string of the molecule is CC(OC1CCOCC1)c1cccc(-c2csc(NC(=O)CNC(=O)c3ccc(N)cc3)n2)c1. The van der Waals surface area contributed by atoms with Gasteiger partial charge in [-0.05, 0) is 55.7 Å². The number of carbonyl (C=O) groups excluding carboxylic acids is 2. The first kappa shape index (κ1) is 23.9. The highest BCUT2D eigenvalue weighted by molar-refractivity contribution is 7.14. The number of nitrogens with one attached hydrogen (secondary N) is 2. The molecule has 2 amide bonds. The molecule has 34 heavy (non-hydrogen) atoms. The zero-order valence-electron chi connectivity index (χ0n) is 19.0. The molecule has 3 aromatic rings. The standard InChI is InChI=1S/C25H28N4O4S/c1-16(33-21-9-11-32-12-10-21)18-3-2-4-19(13-18)22-15-34-25(28-22)29-23(30)14-27-24(31)17-5-7-20(26)8-6-17/h2-8,13,15-16,21H,9-12,14,26H2,1H3,(H,27,31)(H,28,29,30). The van der Waals surface area contributed by atoms with Gasteiger partial charge in [-0.15, -0.1) is 11.3 Å². The van der Waals surface area contributed by atoms with Crippen molar-refractivity contribution in [1.29, 1.82) is 0 Å². The van der Waals surface area contributed by atoms with Crippen LogP contribution in [-0.4, -0.2) is 42.7 Å². The van der Waals surface area contributed by atoms with E-state index in [2.05, 4.69) is 28.6 Å². The Balaban J connectivity index is 1.32. The molecule has 1 aliphatic heterocycles. The van der Waals surface area contributed by atoms with Crippen molar-refractivity contribution in [2.75, 3.05) is 30.8 Å². The average molecular weight is 481 g/mol. The highest BCUT2D eigenvalue weighted by atomic mass is 32.1. The fraction of sp³-hybridized carbons (Fsp3) is 0.320. The number of aromatic nitrogens is 1. The van der Waals surface area contributed by atoms with Crippen molar-refractivity contribution in [3.05, 3.63) is 65.0 Å². The van der Waals surface area contributed by atoms with E-state index in [1.165, 1.54) is 11.3 Å². The second-order valence-corrected chi connectivity index (χ2v) is 8.96. The van der Waals surface area contributed by atoms with Crippen molar-refractivity contribution < 1.29 is 19.1 Å². The topological polar surface area (TPSA) is 116 Å². The maximum atomic E-state index is 12.3. The number of nitrogens with zero attached hydrogens (tertiary/aromatic N) is 1. The molecule has 2 heterocycles. The Bertz CT molecular complexity index is 1130. The maximum absolute atomic E-state index is 12.3. The first-order chi connectivity index (χ1) is 16.5. The summed E-state index contributed by atoms with van der Waals surface area (Å²) in [5.74, 6) is -0.694. The van der Waals surface area contributed by atoms with Crippen LogP contribution in [0, 0.1) is 0 Å². The van der Waals surface area contributed by atoms with Gasteiger partial charge in [0.1, 0.15) is 0 Å². The zero-order valence-corrected chi connectivity index (χ0v) is 19.8. The first-order valence-electron chi connectivity index (χ1n) is 11.2. The number of anilines is 2. The van der Waals surface area contributed by atoms with E-state index < -0.39 is 0 Å². The van der Waals surface area contributed by atoms with Crippen LogP contribution in [0.5, 0.6) is 0 Å². The zero-order chi connectivity index (χ0) is 23.9. The van der Waals surface area contributed by atoms with Gasteiger partial charge in [-0.2, -0.15) is 0 Å². The number of rotatable bonds is 8. The Morgan fingerprint density at radius 2 is 1.97 bits per heavy atom. The molecular weight excluding hydrogens is 452 g/mol. The van der Waals surface area contributed by atoms with Crippen LogP contribution in [0.4, 0.5) is 10.8 Å². The van der Waals surface area contributed by atoms with E-state index in [-0.39, 0.29) is 30.6 Å². The third kappa shape index (κ3) is 6.40. The molecule has 9 heteroatoms. The maximum Gasteiger partial charge on any atom is 0.251 e. The summed E-state index contributed by atoms with van der Waals surface area (Å²) >= 11 is 1.33. The summed E-state index contributed by atoms with van der Waals surface area (Å²) in [7, 11) is 0. The van der Waals surface area contributed by atoms with Gasteiger partial charge in [-0.3, -0.25) is 9.59 Å². The number of ether oxygens (including phenoxy) is 2. The van der Waals surface area contributed by atoms with Crippen LogP contribution >= 0.6 is 11.3 Å². The summed E-state index contributed by atoms with van der Waals surface area (Å²) < 4.78 is 11.6. The number of nitrogen functional groups attached to an aromatic ring is 1. The minimum absolute atomic E-state index is 0.0366. The van der Waals surface area contributed by atoms with Gasteiger partial charge in [0, 0.05) is 35.4 Å². The third-order valence-corrected chi connectivity index (χ3v) is 6.31. The summed E-state index contributed by atoms with van der Waals surface area (Å²) in [5.41, 5.74) is 9.44. The summed E-state index contributed by atoms with van der Waals surface area (Å²) in [5, 5.41) is 7.70. The summed E-state index contributed by atoms with van der Waals surface area (Å²) in [6, 6.07) is 14.6. The van der Waals surface area contributed by atoms with Gasteiger partial charge < -0.3 is 25.8 Å². The number of thiazole rings is 1. The Kier molecular flexibility index (Phi) is 7.89. The molecule has 0 bridgehead atoms. The van der Waals surface area contributed by atoms with Crippen molar-refractivity contribution in [3.8, 4) is 11.3 Å². The minimum Gasteiger partial charge on any atom is -0.399 e. The van der Waals surface area contributed by atoms with Gasteiger partial charge in [0.25, 0.3) is 5.91 Å². The van der Waals surface area contributed by atoms with Crippen LogP contribution in [0.1, 0.15) is 41.8 Å². The molecule has 2 aromatic carbocycles. The molecular formula is C25H28N4O4S. The minimum atomic E-state index is -0.350. The van der Waals surface area contributed by atoms with Gasteiger partial charge in [0.2, 0.25) is 5.91 Å².